The lowest BCUT2D eigenvalue weighted by molar-refractivity contribution is 0.421. The Morgan fingerprint density at radius 1 is 1.00 bits per heavy atom. The van der Waals surface area contributed by atoms with E-state index in [1.54, 1.807) is 0 Å². The molecule has 1 aliphatic carbocycles. The minimum atomic E-state index is 0.864. The first-order valence-corrected chi connectivity index (χ1v) is 6.84. The molecule has 1 heteroatoms. The van der Waals surface area contributed by atoms with Crippen LogP contribution >= 0.6 is 0 Å². The van der Waals surface area contributed by atoms with E-state index in [1.807, 2.05) is 12.1 Å². The average molecular weight is 229 g/mol. The van der Waals surface area contributed by atoms with Gasteiger partial charge in [-0.2, -0.15) is 0 Å². The van der Waals surface area contributed by atoms with Crippen LogP contribution in [0.2, 0.25) is 0 Å². The molecule has 1 aliphatic rings. The molecule has 1 aromatic carbocycles. The fraction of sp³-hybridized carbons (Fsp3) is 0.500. The number of aryl methyl sites for hydroxylation is 1. The monoisotopic (exact) mass is 229 g/mol. The first kappa shape index (κ1) is 12.2. The molecule has 17 heavy (non-hydrogen) atoms. The second-order valence-electron chi connectivity index (χ2n) is 5.13. The van der Waals surface area contributed by atoms with Gasteiger partial charge in [-0.3, -0.25) is 0 Å². The summed E-state index contributed by atoms with van der Waals surface area (Å²) in [5.41, 5.74) is 7.97. The van der Waals surface area contributed by atoms with Gasteiger partial charge >= 0.3 is 0 Å². The minimum absolute atomic E-state index is 0.864. The van der Waals surface area contributed by atoms with Crippen molar-refractivity contribution >= 4 is 5.69 Å². The zero-order chi connectivity index (χ0) is 11.9. The van der Waals surface area contributed by atoms with Crippen molar-refractivity contribution in [3.8, 4) is 0 Å². The molecule has 0 aromatic heterocycles. The lowest BCUT2D eigenvalue weighted by Gasteiger charge is -2.13. The summed E-state index contributed by atoms with van der Waals surface area (Å²) in [5.74, 6) is 0.943. The van der Waals surface area contributed by atoms with Crippen LogP contribution in [-0.4, -0.2) is 0 Å². The molecule has 0 bridgehead atoms. The third-order valence-electron chi connectivity index (χ3n) is 3.71. The number of hydrogen-bond acceptors (Lipinski definition) is 1. The van der Waals surface area contributed by atoms with Gasteiger partial charge in [0.05, 0.1) is 0 Å². The zero-order valence-corrected chi connectivity index (χ0v) is 10.6. The number of nitrogens with two attached hydrogens (primary N) is 1. The Balaban J connectivity index is 1.70. The summed E-state index contributed by atoms with van der Waals surface area (Å²) in [6.45, 7) is 0. The summed E-state index contributed by atoms with van der Waals surface area (Å²) >= 11 is 0. The smallest absolute Gasteiger partial charge is 0.0314 e. The van der Waals surface area contributed by atoms with Crippen LogP contribution in [0.4, 0.5) is 5.69 Å². The van der Waals surface area contributed by atoms with Gasteiger partial charge < -0.3 is 5.73 Å². The fourth-order valence-corrected chi connectivity index (χ4v) is 2.61. The average Bonchev–Trinajstić information content (AvgIpc) is 2.60. The van der Waals surface area contributed by atoms with Gasteiger partial charge in [-0.25, -0.2) is 0 Å². The Morgan fingerprint density at radius 3 is 2.29 bits per heavy atom. The molecular weight excluding hydrogens is 206 g/mol. The first-order valence-electron chi connectivity index (χ1n) is 6.84. The van der Waals surface area contributed by atoms with E-state index in [1.165, 1.54) is 50.5 Å². The third kappa shape index (κ3) is 4.26. The van der Waals surface area contributed by atoms with Crippen LogP contribution in [0.3, 0.4) is 0 Å². The van der Waals surface area contributed by atoms with Crippen LogP contribution in [0, 0.1) is 5.92 Å². The second-order valence-corrected chi connectivity index (χ2v) is 5.13. The standard InChI is InChI=1S/C16H23N/c17-16-12-10-15(11-13-16)9-5-8-14-6-3-1-2-4-7-14/h1-2,10-14H,3-9,17H2. The predicted molar refractivity (Wildman–Crippen MR) is 74.9 cm³/mol. The van der Waals surface area contributed by atoms with E-state index in [9.17, 15) is 0 Å². The number of allylic oxidation sites excluding steroid dienone is 2. The Labute approximate surface area is 105 Å². The van der Waals surface area contributed by atoms with Crippen molar-refractivity contribution in [2.75, 3.05) is 5.73 Å². The third-order valence-corrected chi connectivity index (χ3v) is 3.71. The van der Waals surface area contributed by atoms with E-state index >= 15 is 0 Å². The molecule has 0 heterocycles. The summed E-state index contributed by atoms with van der Waals surface area (Å²) in [4.78, 5) is 0. The predicted octanol–water partition coefficient (Wildman–Crippen LogP) is 4.34. The molecule has 0 saturated heterocycles. The van der Waals surface area contributed by atoms with Crippen molar-refractivity contribution < 1.29 is 0 Å². The molecule has 1 nitrogen and oxygen atoms in total. The largest absolute Gasteiger partial charge is 0.399 e. The number of nitrogen functional groups attached to an aromatic ring is 1. The molecule has 0 fully saturated rings. The zero-order valence-electron chi connectivity index (χ0n) is 10.6. The summed E-state index contributed by atoms with van der Waals surface area (Å²) in [5, 5.41) is 0. The minimum Gasteiger partial charge on any atom is -0.399 e. The van der Waals surface area contributed by atoms with Crippen LogP contribution in [0.15, 0.2) is 36.4 Å². The lowest BCUT2D eigenvalue weighted by Crippen LogP contribution is -2.00. The highest BCUT2D eigenvalue weighted by Gasteiger charge is 2.09. The molecule has 0 radical (unpaired) electrons. The lowest BCUT2D eigenvalue weighted by atomic mass is 9.93. The molecule has 92 valence electrons. The van der Waals surface area contributed by atoms with E-state index in [2.05, 4.69) is 24.3 Å². The maximum atomic E-state index is 5.68. The van der Waals surface area contributed by atoms with E-state index in [4.69, 9.17) is 5.73 Å². The van der Waals surface area contributed by atoms with Crippen molar-refractivity contribution in [2.24, 2.45) is 5.92 Å². The quantitative estimate of drug-likeness (QED) is 0.603. The molecule has 0 saturated carbocycles. The van der Waals surface area contributed by atoms with Crippen LogP contribution in [0.5, 0.6) is 0 Å². The SMILES string of the molecule is Nc1ccc(CCCC2CCC=CCC2)cc1. The molecule has 0 atom stereocenters. The van der Waals surface area contributed by atoms with Gasteiger partial charge in [0.1, 0.15) is 0 Å². The summed E-state index contributed by atoms with van der Waals surface area (Å²) in [7, 11) is 0. The summed E-state index contributed by atoms with van der Waals surface area (Å²) in [6.07, 6.45) is 13.9. The highest BCUT2D eigenvalue weighted by atomic mass is 14.5. The summed E-state index contributed by atoms with van der Waals surface area (Å²) < 4.78 is 0. The molecule has 1 aromatic rings. The van der Waals surface area contributed by atoms with Crippen LogP contribution < -0.4 is 5.73 Å². The Hall–Kier alpha value is -1.24. The molecule has 2 rings (SSSR count). The van der Waals surface area contributed by atoms with Crippen LogP contribution in [-0.2, 0) is 6.42 Å². The van der Waals surface area contributed by atoms with Gasteiger partial charge in [-0.1, -0.05) is 30.7 Å². The first-order chi connectivity index (χ1) is 8.34. The second kappa shape index (κ2) is 6.48. The number of benzene rings is 1. The number of rotatable bonds is 4. The van der Waals surface area contributed by atoms with Gasteiger partial charge in [0.15, 0.2) is 0 Å². The van der Waals surface area contributed by atoms with Crippen molar-refractivity contribution in [2.45, 2.75) is 44.9 Å². The Kier molecular flexibility index (Phi) is 4.66. The molecule has 0 unspecified atom stereocenters. The highest BCUT2D eigenvalue weighted by Crippen LogP contribution is 2.24. The van der Waals surface area contributed by atoms with Crippen molar-refractivity contribution in [1.29, 1.82) is 0 Å². The van der Waals surface area contributed by atoms with Crippen molar-refractivity contribution in [1.82, 2.24) is 0 Å². The van der Waals surface area contributed by atoms with Gasteiger partial charge in [-0.15, -0.1) is 0 Å². The van der Waals surface area contributed by atoms with Gasteiger partial charge in [0, 0.05) is 5.69 Å². The number of hydrogen-bond donors (Lipinski definition) is 1. The Morgan fingerprint density at radius 2 is 1.65 bits per heavy atom. The molecule has 0 spiro atoms. The molecule has 0 amide bonds. The normalized spacial score (nSPS) is 16.9. The maximum Gasteiger partial charge on any atom is 0.0314 e. The topological polar surface area (TPSA) is 26.0 Å². The summed E-state index contributed by atoms with van der Waals surface area (Å²) in [6, 6.07) is 8.32. The maximum absolute atomic E-state index is 5.68. The Bertz CT molecular complexity index is 340. The van der Waals surface area contributed by atoms with Crippen LogP contribution in [0.1, 0.15) is 44.1 Å². The van der Waals surface area contributed by atoms with E-state index in [-0.39, 0.29) is 0 Å². The number of anilines is 1. The molecule has 2 N–H and O–H groups in total. The van der Waals surface area contributed by atoms with Gasteiger partial charge in [0.2, 0.25) is 0 Å². The molecular formula is C16H23N. The van der Waals surface area contributed by atoms with Gasteiger partial charge in [-0.05, 0) is 62.1 Å². The van der Waals surface area contributed by atoms with E-state index < -0.39 is 0 Å². The fourth-order valence-electron chi connectivity index (χ4n) is 2.61. The van der Waals surface area contributed by atoms with Crippen LogP contribution in [0.25, 0.3) is 0 Å². The van der Waals surface area contributed by atoms with E-state index in [0.717, 1.165) is 11.6 Å². The van der Waals surface area contributed by atoms with Crippen molar-refractivity contribution in [3.63, 3.8) is 0 Å². The van der Waals surface area contributed by atoms with Gasteiger partial charge in [0.25, 0.3) is 0 Å². The van der Waals surface area contributed by atoms with E-state index in [0.29, 0.717) is 0 Å². The highest BCUT2D eigenvalue weighted by molar-refractivity contribution is 5.39. The van der Waals surface area contributed by atoms with Crippen molar-refractivity contribution in [3.05, 3.63) is 42.0 Å². The molecule has 0 aliphatic heterocycles.